The van der Waals surface area contributed by atoms with E-state index in [-0.39, 0.29) is 0 Å². The molecule has 0 aliphatic heterocycles. The van der Waals surface area contributed by atoms with Gasteiger partial charge in [-0.2, -0.15) is 0 Å². The van der Waals surface area contributed by atoms with Crippen LogP contribution in [0.5, 0.6) is 0 Å². The van der Waals surface area contributed by atoms with Gasteiger partial charge in [-0.15, -0.1) is 0 Å². The molecule has 0 aliphatic carbocycles. The molecule has 0 heterocycles. The Morgan fingerprint density at radius 3 is 2.21 bits per heavy atom. The number of hydrogen-bond acceptors (Lipinski definition) is 1. The van der Waals surface area contributed by atoms with E-state index in [1.807, 2.05) is 24.3 Å². The van der Waals surface area contributed by atoms with Crippen LogP contribution in [0.4, 0.5) is 0 Å². The molecule has 1 nitrogen and oxygen atoms in total. The van der Waals surface area contributed by atoms with Gasteiger partial charge in [-0.25, -0.2) is 0 Å². The van der Waals surface area contributed by atoms with Crippen molar-refractivity contribution in [1.82, 2.24) is 0 Å². The van der Waals surface area contributed by atoms with Crippen molar-refractivity contribution in [1.29, 1.82) is 0 Å². The summed E-state index contributed by atoms with van der Waals surface area (Å²) in [6, 6.07) is 12.9. The fourth-order valence-electron chi connectivity index (χ4n) is 2.04. The molecular weight excluding hydrogens is 347 g/mol. The lowest BCUT2D eigenvalue weighted by Gasteiger charge is -2.26. The van der Waals surface area contributed by atoms with Crippen molar-refractivity contribution in [3.8, 4) is 0 Å². The van der Waals surface area contributed by atoms with Crippen molar-refractivity contribution >= 4 is 39.1 Å². The Balaban J connectivity index is 2.39. The minimum absolute atomic E-state index is 0.355. The highest BCUT2D eigenvalue weighted by Gasteiger charge is 2.27. The lowest BCUT2D eigenvalue weighted by molar-refractivity contribution is 0.0569. The Kier molecular flexibility index (Phi) is 4.57. The van der Waals surface area contributed by atoms with Gasteiger partial charge in [0.15, 0.2) is 0 Å². The summed E-state index contributed by atoms with van der Waals surface area (Å²) in [6.07, 6.45) is 0.355. The lowest BCUT2D eigenvalue weighted by atomic mass is 9.89. The number of rotatable bonds is 3. The molecule has 0 aliphatic rings. The van der Waals surface area contributed by atoms with Gasteiger partial charge in [0.25, 0.3) is 0 Å². The largest absolute Gasteiger partial charge is 0.385 e. The number of halogens is 3. The average molecular weight is 360 g/mol. The smallest absolute Gasteiger partial charge is 0.0920 e. The van der Waals surface area contributed by atoms with Crippen LogP contribution in [0.25, 0.3) is 0 Å². The van der Waals surface area contributed by atoms with E-state index in [2.05, 4.69) is 15.9 Å². The fourth-order valence-corrected chi connectivity index (χ4v) is 3.28. The molecule has 0 spiro atoms. The maximum Gasteiger partial charge on any atom is 0.0920 e. The molecule has 0 aromatic heterocycles. The van der Waals surface area contributed by atoms with E-state index in [0.29, 0.717) is 16.5 Å². The molecule has 0 bridgehead atoms. The predicted octanol–water partition coefficient (Wildman–Crippen LogP) is 5.21. The topological polar surface area (TPSA) is 20.2 Å². The molecule has 4 heteroatoms. The van der Waals surface area contributed by atoms with Crippen molar-refractivity contribution in [2.24, 2.45) is 0 Å². The maximum absolute atomic E-state index is 10.7. The summed E-state index contributed by atoms with van der Waals surface area (Å²) in [5.74, 6) is 0. The average Bonchev–Trinajstić information content (AvgIpc) is 2.34. The molecular formula is C15H13BrCl2O. The van der Waals surface area contributed by atoms with Crippen LogP contribution in [0.15, 0.2) is 46.9 Å². The Hall–Kier alpha value is -0.540. The van der Waals surface area contributed by atoms with E-state index in [1.165, 1.54) is 0 Å². The summed E-state index contributed by atoms with van der Waals surface area (Å²) < 4.78 is 0.864. The second kappa shape index (κ2) is 5.84. The predicted molar refractivity (Wildman–Crippen MR) is 83.9 cm³/mol. The Bertz CT molecular complexity index is 576. The Labute approximate surface area is 131 Å². The van der Waals surface area contributed by atoms with E-state index in [0.717, 1.165) is 15.6 Å². The quantitative estimate of drug-likeness (QED) is 0.797. The second-order valence-corrected chi connectivity index (χ2v) is 6.30. The monoisotopic (exact) mass is 358 g/mol. The number of hydrogen-bond donors (Lipinski definition) is 1. The summed E-state index contributed by atoms with van der Waals surface area (Å²) in [5.41, 5.74) is 0.520. The third-order valence-electron chi connectivity index (χ3n) is 3.04. The molecule has 1 N–H and O–H groups in total. The third-order valence-corrected chi connectivity index (χ3v) is 4.44. The molecule has 1 unspecified atom stereocenters. The normalized spacial score (nSPS) is 14.2. The first kappa shape index (κ1) is 14.9. The first-order valence-electron chi connectivity index (χ1n) is 5.82. The van der Waals surface area contributed by atoms with Crippen LogP contribution in [-0.2, 0) is 12.0 Å². The van der Waals surface area contributed by atoms with Gasteiger partial charge < -0.3 is 5.11 Å². The zero-order valence-electron chi connectivity index (χ0n) is 10.3. The molecule has 2 rings (SSSR count). The minimum atomic E-state index is -1.05. The Morgan fingerprint density at radius 2 is 1.63 bits per heavy atom. The van der Waals surface area contributed by atoms with Crippen molar-refractivity contribution in [2.45, 2.75) is 18.9 Å². The Morgan fingerprint density at radius 1 is 1.05 bits per heavy atom. The summed E-state index contributed by atoms with van der Waals surface area (Å²) in [5, 5.41) is 11.9. The highest BCUT2D eigenvalue weighted by molar-refractivity contribution is 9.10. The summed E-state index contributed by atoms with van der Waals surface area (Å²) in [4.78, 5) is 0. The van der Waals surface area contributed by atoms with Crippen molar-refractivity contribution < 1.29 is 5.11 Å². The highest BCUT2D eigenvalue weighted by atomic mass is 79.9. The molecule has 1 atom stereocenters. The van der Waals surface area contributed by atoms with Crippen LogP contribution in [-0.4, -0.2) is 5.11 Å². The molecule has 19 heavy (non-hydrogen) atoms. The molecule has 0 radical (unpaired) electrons. The molecule has 2 aromatic carbocycles. The number of aliphatic hydroxyl groups is 1. The van der Waals surface area contributed by atoms with Gasteiger partial charge in [0, 0.05) is 20.9 Å². The van der Waals surface area contributed by atoms with E-state index < -0.39 is 5.60 Å². The van der Waals surface area contributed by atoms with E-state index in [1.54, 1.807) is 25.1 Å². The molecule has 2 aromatic rings. The van der Waals surface area contributed by atoms with Gasteiger partial charge in [0.1, 0.15) is 0 Å². The molecule has 0 fully saturated rings. The summed E-state index contributed by atoms with van der Waals surface area (Å²) in [6.45, 7) is 1.76. The lowest BCUT2D eigenvalue weighted by Crippen LogP contribution is -2.25. The standard InChI is InChI=1S/C15H13BrCl2O/c1-15(19,11-5-2-3-6-12(11)16)9-10-13(17)7-4-8-14(10)18/h2-8,19H,9H2,1H3. The van der Waals surface area contributed by atoms with Gasteiger partial charge in [0.2, 0.25) is 0 Å². The minimum Gasteiger partial charge on any atom is -0.385 e. The van der Waals surface area contributed by atoms with Crippen LogP contribution in [0.2, 0.25) is 10.0 Å². The van der Waals surface area contributed by atoms with Crippen molar-refractivity contribution in [3.05, 3.63) is 68.1 Å². The van der Waals surface area contributed by atoms with Gasteiger partial charge >= 0.3 is 0 Å². The van der Waals surface area contributed by atoms with E-state index in [4.69, 9.17) is 23.2 Å². The number of benzene rings is 2. The van der Waals surface area contributed by atoms with Crippen LogP contribution < -0.4 is 0 Å². The van der Waals surface area contributed by atoms with E-state index >= 15 is 0 Å². The van der Waals surface area contributed by atoms with Crippen LogP contribution in [0.1, 0.15) is 18.1 Å². The molecule has 0 saturated carbocycles. The van der Waals surface area contributed by atoms with Crippen LogP contribution >= 0.6 is 39.1 Å². The van der Waals surface area contributed by atoms with Gasteiger partial charge in [-0.05, 0) is 36.2 Å². The molecule has 100 valence electrons. The molecule has 0 saturated heterocycles. The second-order valence-electron chi connectivity index (χ2n) is 4.63. The fraction of sp³-hybridized carbons (Fsp3) is 0.200. The zero-order chi connectivity index (χ0) is 14.0. The maximum atomic E-state index is 10.7. The van der Waals surface area contributed by atoms with Gasteiger partial charge in [0.05, 0.1) is 5.60 Å². The van der Waals surface area contributed by atoms with E-state index in [9.17, 15) is 5.11 Å². The van der Waals surface area contributed by atoms with Crippen LogP contribution in [0.3, 0.4) is 0 Å². The van der Waals surface area contributed by atoms with Gasteiger partial charge in [-0.3, -0.25) is 0 Å². The van der Waals surface area contributed by atoms with Crippen molar-refractivity contribution in [3.63, 3.8) is 0 Å². The van der Waals surface area contributed by atoms with Crippen LogP contribution in [0, 0.1) is 0 Å². The summed E-state index contributed by atoms with van der Waals surface area (Å²) in [7, 11) is 0. The third kappa shape index (κ3) is 3.32. The zero-order valence-corrected chi connectivity index (χ0v) is 13.4. The molecule has 0 amide bonds. The SMILES string of the molecule is CC(O)(Cc1c(Cl)cccc1Cl)c1ccccc1Br. The highest BCUT2D eigenvalue weighted by Crippen LogP contribution is 2.35. The van der Waals surface area contributed by atoms with Crippen molar-refractivity contribution in [2.75, 3.05) is 0 Å². The summed E-state index contributed by atoms with van der Waals surface area (Å²) >= 11 is 15.8. The first-order valence-corrected chi connectivity index (χ1v) is 7.37. The van der Waals surface area contributed by atoms with Gasteiger partial charge in [-0.1, -0.05) is 63.4 Å². The first-order chi connectivity index (χ1) is 8.92.